The number of thioether (sulfide) groups is 1. The van der Waals surface area contributed by atoms with Crippen LogP contribution >= 0.6 is 11.8 Å². The van der Waals surface area contributed by atoms with Gasteiger partial charge in [0, 0.05) is 26.0 Å². The zero-order valence-electron chi connectivity index (χ0n) is 10.1. The Hall–Kier alpha value is -1.01. The lowest BCUT2D eigenvalue weighted by atomic mass is 10.2. The fourth-order valence-electron chi connectivity index (χ4n) is 1.65. The van der Waals surface area contributed by atoms with Crippen molar-refractivity contribution < 1.29 is 9.47 Å². The highest BCUT2D eigenvalue weighted by Crippen LogP contribution is 2.21. The van der Waals surface area contributed by atoms with Crippen molar-refractivity contribution in [3.63, 3.8) is 0 Å². The quantitative estimate of drug-likeness (QED) is 0.654. The van der Waals surface area contributed by atoms with Crippen molar-refractivity contribution in [3.8, 4) is 5.88 Å². The summed E-state index contributed by atoms with van der Waals surface area (Å²) in [6, 6.07) is 1.83. The first-order valence-electron chi connectivity index (χ1n) is 5.67. The molecule has 1 N–H and O–H groups in total. The van der Waals surface area contributed by atoms with Gasteiger partial charge in [0.1, 0.15) is 11.9 Å². The van der Waals surface area contributed by atoms with Crippen molar-refractivity contribution in [3.05, 3.63) is 6.07 Å². The lowest BCUT2D eigenvalue weighted by molar-refractivity contribution is 0.0234. The lowest BCUT2D eigenvalue weighted by Crippen LogP contribution is -2.26. The predicted molar refractivity (Wildman–Crippen MR) is 67.8 cm³/mol. The first kappa shape index (κ1) is 12.4. The van der Waals surface area contributed by atoms with Gasteiger partial charge in [0.05, 0.1) is 13.2 Å². The summed E-state index contributed by atoms with van der Waals surface area (Å²) < 4.78 is 11.2. The van der Waals surface area contributed by atoms with E-state index in [-0.39, 0.29) is 6.10 Å². The Bertz CT molecular complexity index is 347. The lowest BCUT2D eigenvalue weighted by Gasteiger charge is -2.22. The second kappa shape index (κ2) is 6.07. The average molecular weight is 255 g/mol. The maximum atomic E-state index is 5.86. The van der Waals surface area contributed by atoms with Gasteiger partial charge in [-0.15, -0.1) is 0 Å². The Kier molecular flexibility index (Phi) is 4.44. The molecule has 0 spiro atoms. The molecule has 1 aromatic rings. The third-order valence-corrected chi connectivity index (χ3v) is 3.12. The van der Waals surface area contributed by atoms with Crippen molar-refractivity contribution >= 4 is 17.6 Å². The Morgan fingerprint density at radius 3 is 2.82 bits per heavy atom. The molecular formula is C11H17N3O2S. The minimum absolute atomic E-state index is 0.207. The summed E-state index contributed by atoms with van der Waals surface area (Å²) in [5.74, 6) is 1.42. The number of ether oxygens (including phenoxy) is 2. The number of hydrogen-bond acceptors (Lipinski definition) is 6. The van der Waals surface area contributed by atoms with E-state index in [1.807, 2.05) is 19.4 Å². The van der Waals surface area contributed by atoms with Crippen LogP contribution in [0.25, 0.3) is 0 Å². The molecule has 0 aromatic carbocycles. The summed E-state index contributed by atoms with van der Waals surface area (Å²) in [4.78, 5) is 8.64. The SMILES string of the molecule is CNc1cc(OC2CCOCC2)nc(SC)n1. The number of aromatic nitrogens is 2. The first-order valence-corrected chi connectivity index (χ1v) is 6.89. The molecule has 6 heteroatoms. The Labute approximate surface area is 105 Å². The van der Waals surface area contributed by atoms with E-state index in [1.165, 1.54) is 11.8 Å². The van der Waals surface area contributed by atoms with Gasteiger partial charge in [-0.3, -0.25) is 0 Å². The smallest absolute Gasteiger partial charge is 0.219 e. The minimum Gasteiger partial charge on any atom is -0.474 e. The fourth-order valence-corrected chi connectivity index (χ4v) is 2.02. The maximum Gasteiger partial charge on any atom is 0.219 e. The summed E-state index contributed by atoms with van der Waals surface area (Å²) in [5, 5.41) is 3.73. The van der Waals surface area contributed by atoms with Crippen LogP contribution in [0.1, 0.15) is 12.8 Å². The predicted octanol–water partition coefficient (Wildman–Crippen LogP) is 1.80. The van der Waals surface area contributed by atoms with Crippen molar-refractivity contribution in [2.24, 2.45) is 0 Å². The van der Waals surface area contributed by atoms with E-state index < -0.39 is 0 Å². The number of rotatable bonds is 4. The summed E-state index contributed by atoms with van der Waals surface area (Å²) in [6.45, 7) is 1.54. The molecule has 0 amide bonds. The van der Waals surface area contributed by atoms with Gasteiger partial charge in [0.15, 0.2) is 5.16 Å². The number of anilines is 1. The molecule has 5 nitrogen and oxygen atoms in total. The monoisotopic (exact) mass is 255 g/mol. The van der Waals surface area contributed by atoms with Gasteiger partial charge in [0.2, 0.25) is 5.88 Å². The molecular weight excluding hydrogens is 238 g/mol. The van der Waals surface area contributed by atoms with Crippen LogP contribution in [-0.4, -0.2) is 42.6 Å². The van der Waals surface area contributed by atoms with Crippen LogP contribution in [-0.2, 0) is 4.74 Å². The Morgan fingerprint density at radius 1 is 1.41 bits per heavy atom. The van der Waals surface area contributed by atoms with Gasteiger partial charge in [-0.1, -0.05) is 11.8 Å². The molecule has 1 fully saturated rings. The molecule has 17 heavy (non-hydrogen) atoms. The second-order valence-corrected chi connectivity index (χ2v) is 4.53. The molecule has 1 aromatic heterocycles. The zero-order chi connectivity index (χ0) is 12.1. The van der Waals surface area contributed by atoms with Crippen LogP contribution in [0.4, 0.5) is 5.82 Å². The third kappa shape index (κ3) is 3.47. The highest BCUT2D eigenvalue weighted by Gasteiger charge is 2.16. The van der Waals surface area contributed by atoms with E-state index in [1.54, 1.807) is 0 Å². The third-order valence-electron chi connectivity index (χ3n) is 2.58. The summed E-state index contributed by atoms with van der Waals surface area (Å²) in [7, 11) is 1.84. The van der Waals surface area contributed by atoms with E-state index in [9.17, 15) is 0 Å². The molecule has 0 bridgehead atoms. The van der Waals surface area contributed by atoms with Gasteiger partial charge < -0.3 is 14.8 Å². The van der Waals surface area contributed by atoms with Crippen molar-refractivity contribution in [2.45, 2.75) is 24.1 Å². The summed E-state index contributed by atoms with van der Waals surface area (Å²) in [6.07, 6.45) is 4.01. The molecule has 0 atom stereocenters. The molecule has 1 saturated heterocycles. The molecule has 0 aliphatic carbocycles. The van der Waals surface area contributed by atoms with Gasteiger partial charge in [-0.2, -0.15) is 4.98 Å². The van der Waals surface area contributed by atoms with E-state index >= 15 is 0 Å². The second-order valence-electron chi connectivity index (χ2n) is 3.76. The van der Waals surface area contributed by atoms with Gasteiger partial charge in [-0.25, -0.2) is 4.98 Å². The van der Waals surface area contributed by atoms with Gasteiger partial charge in [0.25, 0.3) is 0 Å². The minimum atomic E-state index is 0.207. The number of nitrogens with one attached hydrogen (secondary N) is 1. The molecule has 94 valence electrons. The van der Waals surface area contributed by atoms with Crippen LogP contribution in [0.2, 0.25) is 0 Å². The van der Waals surface area contributed by atoms with Crippen molar-refractivity contribution in [2.75, 3.05) is 31.8 Å². The summed E-state index contributed by atoms with van der Waals surface area (Å²) >= 11 is 1.51. The molecule has 0 unspecified atom stereocenters. The van der Waals surface area contributed by atoms with E-state index in [0.29, 0.717) is 5.88 Å². The van der Waals surface area contributed by atoms with Gasteiger partial charge >= 0.3 is 0 Å². The molecule has 0 saturated carbocycles. The fraction of sp³-hybridized carbons (Fsp3) is 0.636. The van der Waals surface area contributed by atoms with Crippen LogP contribution in [0, 0.1) is 0 Å². The van der Waals surface area contributed by atoms with Crippen molar-refractivity contribution in [1.82, 2.24) is 9.97 Å². The van der Waals surface area contributed by atoms with E-state index in [2.05, 4.69) is 15.3 Å². The topological polar surface area (TPSA) is 56.3 Å². The van der Waals surface area contributed by atoms with E-state index in [0.717, 1.165) is 37.0 Å². The van der Waals surface area contributed by atoms with Crippen LogP contribution in [0.5, 0.6) is 5.88 Å². The standard InChI is InChI=1S/C11H17N3O2S/c1-12-9-7-10(14-11(13-9)17-2)16-8-3-5-15-6-4-8/h7-8H,3-6H2,1-2H3,(H,12,13,14). The van der Waals surface area contributed by atoms with E-state index in [4.69, 9.17) is 9.47 Å². The maximum absolute atomic E-state index is 5.86. The highest BCUT2D eigenvalue weighted by molar-refractivity contribution is 7.98. The van der Waals surface area contributed by atoms with Crippen LogP contribution < -0.4 is 10.1 Å². The zero-order valence-corrected chi connectivity index (χ0v) is 10.9. The molecule has 2 heterocycles. The first-order chi connectivity index (χ1) is 8.31. The number of nitrogens with zero attached hydrogens (tertiary/aromatic N) is 2. The highest BCUT2D eigenvalue weighted by atomic mass is 32.2. The Morgan fingerprint density at radius 2 is 2.18 bits per heavy atom. The number of hydrogen-bond donors (Lipinski definition) is 1. The van der Waals surface area contributed by atoms with Crippen LogP contribution in [0.15, 0.2) is 11.2 Å². The summed E-state index contributed by atoms with van der Waals surface area (Å²) in [5.41, 5.74) is 0. The van der Waals surface area contributed by atoms with Crippen LogP contribution in [0.3, 0.4) is 0 Å². The average Bonchev–Trinajstić information content (AvgIpc) is 2.39. The largest absolute Gasteiger partial charge is 0.474 e. The normalized spacial score (nSPS) is 16.8. The van der Waals surface area contributed by atoms with Crippen molar-refractivity contribution in [1.29, 1.82) is 0 Å². The molecule has 1 aliphatic rings. The molecule has 1 aliphatic heterocycles. The molecule has 2 rings (SSSR count). The Balaban J connectivity index is 2.07. The molecule has 0 radical (unpaired) electrons. The van der Waals surface area contributed by atoms with Gasteiger partial charge in [-0.05, 0) is 6.26 Å².